The fraction of sp³-hybridized carbons (Fsp3) is 0.368. The van der Waals surface area contributed by atoms with Gasteiger partial charge >= 0.3 is 0 Å². The van der Waals surface area contributed by atoms with Gasteiger partial charge in [-0.05, 0) is 35.2 Å². The quantitative estimate of drug-likeness (QED) is 0.738. The van der Waals surface area contributed by atoms with E-state index < -0.39 is 0 Å². The van der Waals surface area contributed by atoms with Gasteiger partial charge < -0.3 is 14.2 Å². The Morgan fingerprint density at radius 3 is 1.95 bits per heavy atom. The van der Waals surface area contributed by atoms with Gasteiger partial charge in [0.15, 0.2) is 0 Å². The molecule has 0 saturated carbocycles. The zero-order valence-electron chi connectivity index (χ0n) is 13.8. The molecule has 0 spiro atoms. The topological polar surface area (TPSA) is 27.7 Å². The van der Waals surface area contributed by atoms with E-state index in [9.17, 15) is 0 Å². The van der Waals surface area contributed by atoms with E-state index in [2.05, 4.69) is 32.9 Å². The maximum absolute atomic E-state index is 5.70. The third-order valence-corrected chi connectivity index (χ3v) is 3.38. The first-order chi connectivity index (χ1) is 10.5. The molecule has 0 radical (unpaired) electrons. The average molecular weight is 300 g/mol. The normalized spacial score (nSPS) is 11.1. The van der Waals surface area contributed by atoms with Crippen molar-refractivity contribution in [3.05, 3.63) is 54.1 Å². The molecule has 0 N–H and O–H groups in total. The molecule has 0 aliphatic heterocycles. The van der Waals surface area contributed by atoms with Gasteiger partial charge in [0.1, 0.15) is 30.5 Å². The molecule has 0 fully saturated rings. The molecule has 0 unspecified atom stereocenters. The van der Waals surface area contributed by atoms with Crippen molar-refractivity contribution >= 4 is 0 Å². The Kier molecular flexibility index (Phi) is 5.31. The second-order valence-electron chi connectivity index (χ2n) is 6.15. The minimum atomic E-state index is 0.161. The van der Waals surface area contributed by atoms with E-state index in [4.69, 9.17) is 14.2 Å². The number of hydrogen-bond donors (Lipinski definition) is 0. The molecule has 2 aromatic rings. The van der Waals surface area contributed by atoms with Crippen LogP contribution in [0.5, 0.6) is 17.2 Å². The Labute approximate surface area is 132 Å². The highest BCUT2D eigenvalue weighted by molar-refractivity contribution is 5.33. The SMILES string of the molecule is COc1cccc(OCCOc2ccc(C(C)(C)C)cc2)c1. The van der Waals surface area contributed by atoms with Crippen molar-refractivity contribution in [2.24, 2.45) is 0 Å². The summed E-state index contributed by atoms with van der Waals surface area (Å²) in [7, 11) is 1.64. The van der Waals surface area contributed by atoms with Gasteiger partial charge in [-0.2, -0.15) is 0 Å². The highest BCUT2D eigenvalue weighted by Crippen LogP contribution is 2.24. The summed E-state index contributed by atoms with van der Waals surface area (Å²) in [6.45, 7) is 7.60. The molecule has 118 valence electrons. The second kappa shape index (κ2) is 7.21. The van der Waals surface area contributed by atoms with Gasteiger partial charge in [0, 0.05) is 6.07 Å². The number of ether oxygens (including phenoxy) is 3. The molecule has 3 nitrogen and oxygen atoms in total. The lowest BCUT2D eigenvalue weighted by atomic mass is 9.87. The minimum absolute atomic E-state index is 0.161. The fourth-order valence-electron chi connectivity index (χ4n) is 2.06. The Hall–Kier alpha value is -2.16. The van der Waals surface area contributed by atoms with Crippen LogP contribution in [0.3, 0.4) is 0 Å². The van der Waals surface area contributed by atoms with Crippen LogP contribution in [0.25, 0.3) is 0 Å². The summed E-state index contributed by atoms with van der Waals surface area (Å²) in [6, 6.07) is 15.8. The first kappa shape index (κ1) is 16.2. The largest absolute Gasteiger partial charge is 0.497 e. The zero-order valence-corrected chi connectivity index (χ0v) is 13.8. The summed E-state index contributed by atoms with van der Waals surface area (Å²) >= 11 is 0. The molecule has 0 saturated heterocycles. The van der Waals surface area contributed by atoms with Crippen LogP contribution >= 0.6 is 0 Å². The molecule has 0 heterocycles. The van der Waals surface area contributed by atoms with Crippen molar-refractivity contribution in [3.8, 4) is 17.2 Å². The molecule has 0 aromatic heterocycles. The summed E-state index contributed by atoms with van der Waals surface area (Å²) in [5.74, 6) is 2.43. The van der Waals surface area contributed by atoms with Crippen molar-refractivity contribution in [2.45, 2.75) is 26.2 Å². The highest BCUT2D eigenvalue weighted by atomic mass is 16.5. The van der Waals surface area contributed by atoms with Gasteiger partial charge in [0.2, 0.25) is 0 Å². The van der Waals surface area contributed by atoms with Crippen molar-refractivity contribution in [2.75, 3.05) is 20.3 Å². The molecule has 2 rings (SSSR count). The first-order valence-electron chi connectivity index (χ1n) is 7.49. The molecule has 2 aromatic carbocycles. The van der Waals surface area contributed by atoms with E-state index in [1.54, 1.807) is 7.11 Å². The van der Waals surface area contributed by atoms with Gasteiger partial charge in [-0.3, -0.25) is 0 Å². The molecule has 22 heavy (non-hydrogen) atoms. The van der Waals surface area contributed by atoms with Crippen LogP contribution in [-0.4, -0.2) is 20.3 Å². The number of hydrogen-bond acceptors (Lipinski definition) is 3. The first-order valence-corrected chi connectivity index (χ1v) is 7.49. The van der Waals surface area contributed by atoms with E-state index in [1.165, 1.54) is 5.56 Å². The zero-order chi connectivity index (χ0) is 16.0. The van der Waals surface area contributed by atoms with Crippen molar-refractivity contribution in [1.29, 1.82) is 0 Å². The van der Waals surface area contributed by atoms with Crippen LogP contribution in [0, 0.1) is 0 Å². The van der Waals surface area contributed by atoms with Crippen molar-refractivity contribution < 1.29 is 14.2 Å². The van der Waals surface area contributed by atoms with Crippen LogP contribution < -0.4 is 14.2 Å². The van der Waals surface area contributed by atoms with Gasteiger partial charge in [0.25, 0.3) is 0 Å². The highest BCUT2D eigenvalue weighted by Gasteiger charge is 2.12. The number of methoxy groups -OCH3 is 1. The molecule has 0 aliphatic rings. The summed E-state index contributed by atoms with van der Waals surface area (Å²) in [6.07, 6.45) is 0. The van der Waals surface area contributed by atoms with E-state index >= 15 is 0 Å². The Morgan fingerprint density at radius 1 is 0.773 bits per heavy atom. The van der Waals surface area contributed by atoms with Gasteiger partial charge in [-0.15, -0.1) is 0 Å². The minimum Gasteiger partial charge on any atom is -0.497 e. The Bertz CT molecular complexity index is 582. The van der Waals surface area contributed by atoms with Gasteiger partial charge in [0.05, 0.1) is 7.11 Å². The second-order valence-corrected chi connectivity index (χ2v) is 6.15. The van der Waals surface area contributed by atoms with Crippen LogP contribution in [0.1, 0.15) is 26.3 Å². The third-order valence-electron chi connectivity index (χ3n) is 3.38. The lowest BCUT2D eigenvalue weighted by Crippen LogP contribution is -2.11. The fourth-order valence-corrected chi connectivity index (χ4v) is 2.06. The van der Waals surface area contributed by atoms with Gasteiger partial charge in [-0.25, -0.2) is 0 Å². The van der Waals surface area contributed by atoms with Gasteiger partial charge in [-0.1, -0.05) is 39.0 Å². The maximum atomic E-state index is 5.70. The summed E-state index contributed by atoms with van der Waals surface area (Å²) in [4.78, 5) is 0. The lowest BCUT2D eigenvalue weighted by molar-refractivity contribution is 0.216. The van der Waals surface area contributed by atoms with Crippen LogP contribution in [-0.2, 0) is 5.41 Å². The predicted molar refractivity (Wildman–Crippen MR) is 89.1 cm³/mol. The Morgan fingerprint density at radius 2 is 1.36 bits per heavy atom. The average Bonchev–Trinajstić information content (AvgIpc) is 2.51. The van der Waals surface area contributed by atoms with E-state index in [-0.39, 0.29) is 5.41 Å². The maximum Gasteiger partial charge on any atom is 0.123 e. The molecule has 3 heteroatoms. The van der Waals surface area contributed by atoms with Crippen LogP contribution in [0.4, 0.5) is 0 Å². The molecular weight excluding hydrogens is 276 g/mol. The number of rotatable bonds is 6. The summed E-state index contributed by atoms with van der Waals surface area (Å²) in [5.41, 5.74) is 1.46. The van der Waals surface area contributed by atoms with E-state index in [1.807, 2.05) is 36.4 Å². The smallest absolute Gasteiger partial charge is 0.123 e. The van der Waals surface area contributed by atoms with E-state index in [0.29, 0.717) is 13.2 Å². The molecule has 0 aliphatic carbocycles. The number of benzene rings is 2. The molecule has 0 amide bonds. The standard InChI is InChI=1S/C19H24O3/c1-19(2,3)15-8-10-16(11-9-15)21-12-13-22-18-7-5-6-17(14-18)20-4/h5-11,14H,12-13H2,1-4H3. The molecular formula is C19H24O3. The molecule has 0 bridgehead atoms. The van der Waals surface area contributed by atoms with Crippen molar-refractivity contribution in [1.82, 2.24) is 0 Å². The summed E-state index contributed by atoms with van der Waals surface area (Å²) < 4.78 is 16.5. The Balaban J connectivity index is 1.79. The van der Waals surface area contributed by atoms with Crippen molar-refractivity contribution in [3.63, 3.8) is 0 Å². The monoisotopic (exact) mass is 300 g/mol. The van der Waals surface area contributed by atoms with E-state index in [0.717, 1.165) is 17.2 Å². The van der Waals surface area contributed by atoms with Crippen LogP contribution in [0.15, 0.2) is 48.5 Å². The van der Waals surface area contributed by atoms with Crippen LogP contribution in [0.2, 0.25) is 0 Å². The predicted octanol–water partition coefficient (Wildman–Crippen LogP) is 4.45. The third kappa shape index (κ3) is 4.69. The lowest BCUT2D eigenvalue weighted by Gasteiger charge is -2.19. The molecule has 0 atom stereocenters. The summed E-state index contributed by atoms with van der Waals surface area (Å²) in [5, 5.41) is 0.